The van der Waals surface area contributed by atoms with Crippen molar-refractivity contribution in [2.24, 2.45) is 0 Å². The van der Waals surface area contributed by atoms with Crippen molar-refractivity contribution in [3.63, 3.8) is 0 Å². The van der Waals surface area contributed by atoms with Crippen LogP contribution in [0.2, 0.25) is 5.02 Å². The number of amides is 1. The monoisotopic (exact) mass is 581 g/mol. The van der Waals surface area contributed by atoms with E-state index < -0.39 is 5.97 Å². The van der Waals surface area contributed by atoms with E-state index in [9.17, 15) is 14.9 Å². The first-order chi connectivity index (χ1) is 18.9. The zero-order chi connectivity index (χ0) is 27.8. The number of hydrogen-bond acceptors (Lipinski definition) is 9. The van der Waals surface area contributed by atoms with Crippen molar-refractivity contribution in [2.75, 3.05) is 17.7 Å². The van der Waals surface area contributed by atoms with Crippen LogP contribution in [0.25, 0.3) is 5.69 Å². The van der Waals surface area contributed by atoms with Gasteiger partial charge in [0.25, 0.3) is 0 Å². The summed E-state index contributed by atoms with van der Waals surface area (Å²) in [5.74, 6) is 0.865. The standard InChI is InChI=1S/C27H24ClN5O4S2/c1-3-36-26(35)24-17(2)21(15-29)25(39-24)30-23(34)13-14-38-27-32-31-22(33(27)19-7-5-4-6-8-19)16-37-20-11-9-18(28)10-12-20/h4-12H,3,13-14,16H2,1-2H3,(H,30,34). The maximum absolute atomic E-state index is 12.7. The molecule has 0 saturated heterocycles. The Kier molecular flexibility index (Phi) is 9.59. The molecule has 39 heavy (non-hydrogen) atoms. The number of nitrogens with zero attached hydrogens (tertiary/aromatic N) is 4. The molecule has 0 aliphatic heterocycles. The van der Waals surface area contributed by atoms with Gasteiger partial charge in [0.1, 0.15) is 28.3 Å². The van der Waals surface area contributed by atoms with E-state index in [-0.39, 0.29) is 31.1 Å². The van der Waals surface area contributed by atoms with E-state index in [1.54, 1.807) is 38.1 Å². The number of carbonyl (C=O) groups excluding carboxylic acids is 2. The highest BCUT2D eigenvalue weighted by atomic mass is 35.5. The Balaban J connectivity index is 1.43. The number of ether oxygens (including phenoxy) is 2. The molecule has 2 aromatic carbocycles. The fourth-order valence-electron chi connectivity index (χ4n) is 3.55. The third kappa shape index (κ3) is 6.97. The summed E-state index contributed by atoms with van der Waals surface area (Å²) in [5.41, 5.74) is 1.62. The zero-order valence-corrected chi connectivity index (χ0v) is 23.5. The summed E-state index contributed by atoms with van der Waals surface area (Å²) in [6.45, 7) is 3.78. The van der Waals surface area contributed by atoms with E-state index >= 15 is 0 Å². The molecule has 0 aliphatic rings. The number of rotatable bonds is 11. The fraction of sp³-hybridized carbons (Fsp3) is 0.222. The van der Waals surface area contributed by atoms with Crippen LogP contribution < -0.4 is 10.1 Å². The molecule has 4 aromatic rings. The van der Waals surface area contributed by atoms with Crippen molar-refractivity contribution in [3.8, 4) is 17.5 Å². The predicted octanol–water partition coefficient (Wildman–Crippen LogP) is 6.04. The topological polar surface area (TPSA) is 119 Å². The number of halogens is 1. The molecule has 0 saturated carbocycles. The van der Waals surface area contributed by atoms with Crippen LogP contribution in [0, 0.1) is 18.3 Å². The molecule has 2 heterocycles. The molecule has 12 heteroatoms. The number of nitriles is 1. The molecule has 200 valence electrons. The van der Waals surface area contributed by atoms with Gasteiger partial charge in [-0.1, -0.05) is 41.6 Å². The summed E-state index contributed by atoms with van der Waals surface area (Å²) in [4.78, 5) is 25.2. The molecule has 0 radical (unpaired) electrons. The lowest BCUT2D eigenvalue weighted by Crippen LogP contribution is -2.12. The number of hydrogen-bond donors (Lipinski definition) is 1. The van der Waals surface area contributed by atoms with Crippen LogP contribution in [-0.2, 0) is 16.1 Å². The van der Waals surface area contributed by atoms with Crippen LogP contribution >= 0.6 is 34.7 Å². The van der Waals surface area contributed by atoms with E-state index in [1.807, 2.05) is 34.9 Å². The average molecular weight is 582 g/mol. The van der Waals surface area contributed by atoms with Crippen LogP contribution in [0.1, 0.15) is 40.0 Å². The van der Waals surface area contributed by atoms with Crippen LogP contribution in [0.5, 0.6) is 5.75 Å². The van der Waals surface area contributed by atoms with Crippen molar-refractivity contribution >= 4 is 51.6 Å². The number of aromatic nitrogens is 3. The van der Waals surface area contributed by atoms with Crippen LogP contribution in [0.15, 0.2) is 59.8 Å². The third-order valence-electron chi connectivity index (χ3n) is 5.43. The molecule has 0 fully saturated rings. The van der Waals surface area contributed by atoms with Gasteiger partial charge in [-0.15, -0.1) is 21.5 Å². The number of thiophene rings is 1. The van der Waals surface area contributed by atoms with Crippen LogP contribution in [0.4, 0.5) is 5.00 Å². The number of esters is 1. The quantitative estimate of drug-likeness (QED) is 0.168. The van der Waals surface area contributed by atoms with Gasteiger partial charge in [0, 0.05) is 22.9 Å². The van der Waals surface area contributed by atoms with E-state index in [1.165, 1.54) is 11.8 Å². The van der Waals surface area contributed by atoms with Gasteiger partial charge in [-0.2, -0.15) is 5.26 Å². The maximum atomic E-state index is 12.7. The highest BCUT2D eigenvalue weighted by molar-refractivity contribution is 7.99. The molecule has 0 spiro atoms. The Hall–Kier alpha value is -3.85. The number of thioether (sulfide) groups is 1. The molecule has 4 rings (SSSR count). The van der Waals surface area contributed by atoms with Gasteiger partial charge in [0.2, 0.25) is 5.91 Å². The van der Waals surface area contributed by atoms with E-state index in [4.69, 9.17) is 21.1 Å². The first-order valence-electron chi connectivity index (χ1n) is 11.9. The van der Waals surface area contributed by atoms with Gasteiger partial charge in [-0.05, 0) is 55.8 Å². The average Bonchev–Trinajstić information content (AvgIpc) is 3.48. The Morgan fingerprint density at radius 3 is 2.59 bits per heavy atom. The van der Waals surface area contributed by atoms with Crippen molar-refractivity contribution in [3.05, 3.63) is 81.4 Å². The Morgan fingerprint density at radius 1 is 1.15 bits per heavy atom. The summed E-state index contributed by atoms with van der Waals surface area (Å²) in [6, 6.07) is 18.8. The normalized spacial score (nSPS) is 10.6. The molecule has 9 nitrogen and oxygen atoms in total. The number of carbonyl (C=O) groups is 2. The van der Waals surface area contributed by atoms with E-state index in [2.05, 4.69) is 21.6 Å². The van der Waals surface area contributed by atoms with Gasteiger partial charge >= 0.3 is 5.97 Å². The maximum Gasteiger partial charge on any atom is 0.348 e. The number of nitrogens with one attached hydrogen (secondary N) is 1. The predicted molar refractivity (Wildman–Crippen MR) is 151 cm³/mol. The molecule has 2 aromatic heterocycles. The summed E-state index contributed by atoms with van der Waals surface area (Å²) < 4.78 is 12.8. The van der Waals surface area contributed by atoms with Gasteiger partial charge in [0.15, 0.2) is 11.0 Å². The van der Waals surface area contributed by atoms with Gasteiger partial charge in [-0.3, -0.25) is 9.36 Å². The lowest BCUT2D eigenvalue weighted by molar-refractivity contribution is -0.115. The number of benzene rings is 2. The Morgan fingerprint density at radius 2 is 1.90 bits per heavy atom. The number of para-hydroxylation sites is 1. The first-order valence-corrected chi connectivity index (χ1v) is 14.1. The molecular weight excluding hydrogens is 558 g/mol. The third-order valence-corrected chi connectivity index (χ3v) is 7.80. The van der Waals surface area contributed by atoms with E-state index in [0.717, 1.165) is 17.0 Å². The van der Waals surface area contributed by atoms with Crippen molar-refractivity contribution in [1.82, 2.24) is 14.8 Å². The molecule has 1 amide bonds. The summed E-state index contributed by atoms with van der Waals surface area (Å²) in [7, 11) is 0. The fourth-order valence-corrected chi connectivity index (χ4v) is 5.66. The van der Waals surface area contributed by atoms with Gasteiger partial charge in [-0.25, -0.2) is 4.79 Å². The molecular formula is C27H24ClN5O4S2. The SMILES string of the molecule is CCOC(=O)c1sc(NC(=O)CCSc2nnc(COc3ccc(Cl)cc3)n2-c2ccccc2)c(C#N)c1C. The molecule has 0 aliphatic carbocycles. The summed E-state index contributed by atoms with van der Waals surface area (Å²) in [5, 5.41) is 22.5. The van der Waals surface area contributed by atoms with Gasteiger partial charge < -0.3 is 14.8 Å². The smallest absolute Gasteiger partial charge is 0.348 e. The zero-order valence-electron chi connectivity index (χ0n) is 21.1. The van der Waals surface area contributed by atoms with E-state index in [0.29, 0.717) is 42.9 Å². The minimum absolute atomic E-state index is 0.152. The molecule has 0 bridgehead atoms. The lowest BCUT2D eigenvalue weighted by Gasteiger charge is -2.11. The van der Waals surface area contributed by atoms with Crippen molar-refractivity contribution in [2.45, 2.75) is 32.0 Å². The minimum Gasteiger partial charge on any atom is -0.486 e. The van der Waals surface area contributed by atoms with Crippen molar-refractivity contribution < 1.29 is 19.1 Å². The lowest BCUT2D eigenvalue weighted by atomic mass is 10.2. The second-order valence-corrected chi connectivity index (χ2v) is 10.6. The van der Waals surface area contributed by atoms with Crippen LogP contribution in [0.3, 0.4) is 0 Å². The van der Waals surface area contributed by atoms with Crippen molar-refractivity contribution in [1.29, 1.82) is 5.26 Å². The summed E-state index contributed by atoms with van der Waals surface area (Å²) >= 11 is 8.37. The first kappa shape index (κ1) is 28.2. The second-order valence-electron chi connectivity index (χ2n) is 8.05. The largest absolute Gasteiger partial charge is 0.486 e. The molecule has 0 unspecified atom stereocenters. The van der Waals surface area contributed by atoms with Gasteiger partial charge in [0.05, 0.1) is 12.2 Å². The highest BCUT2D eigenvalue weighted by Crippen LogP contribution is 2.33. The second kappa shape index (κ2) is 13.3. The minimum atomic E-state index is -0.511. The number of anilines is 1. The molecule has 0 atom stereocenters. The Labute approximate surface area is 238 Å². The Bertz CT molecular complexity index is 1500. The highest BCUT2D eigenvalue weighted by Gasteiger charge is 2.22. The van der Waals surface area contributed by atoms with Crippen LogP contribution in [-0.4, -0.2) is 39.0 Å². The molecule has 1 N–H and O–H groups in total. The summed E-state index contributed by atoms with van der Waals surface area (Å²) in [6.07, 6.45) is 0.152.